The van der Waals surface area contributed by atoms with Gasteiger partial charge in [-0.05, 0) is 40.2 Å². The van der Waals surface area contributed by atoms with Crippen LogP contribution in [0.2, 0.25) is 0 Å². The number of aldehydes is 1. The molecule has 0 saturated heterocycles. The Bertz CT molecular complexity index is 487. The largest absolute Gasteiger partial charge is 0.311 e. The summed E-state index contributed by atoms with van der Waals surface area (Å²) in [5, 5.41) is 0. The molecule has 0 N–H and O–H groups in total. The molecule has 2 aromatic rings. The van der Waals surface area contributed by atoms with E-state index >= 15 is 0 Å². The first kappa shape index (κ1) is 10.1. The van der Waals surface area contributed by atoms with Gasteiger partial charge in [-0.1, -0.05) is 6.07 Å². The third-order valence-corrected chi connectivity index (χ3v) is 2.72. The van der Waals surface area contributed by atoms with Crippen molar-refractivity contribution in [2.45, 2.75) is 0 Å². The van der Waals surface area contributed by atoms with Crippen LogP contribution in [0.5, 0.6) is 0 Å². The van der Waals surface area contributed by atoms with Crippen molar-refractivity contribution in [3.63, 3.8) is 0 Å². The van der Waals surface area contributed by atoms with Crippen LogP contribution in [-0.4, -0.2) is 10.9 Å². The van der Waals surface area contributed by atoms with E-state index in [1.165, 1.54) is 10.6 Å². The van der Waals surface area contributed by atoms with Crippen LogP contribution < -0.4 is 0 Å². The van der Waals surface area contributed by atoms with Gasteiger partial charge in [0, 0.05) is 10.7 Å². The molecule has 0 fully saturated rings. The lowest BCUT2D eigenvalue weighted by atomic mass is 10.3. The van der Waals surface area contributed by atoms with Crippen LogP contribution in [0.1, 0.15) is 10.5 Å². The Hall–Kier alpha value is -1.42. The number of hydrogen-bond donors (Lipinski definition) is 0. The third kappa shape index (κ3) is 1.72. The first-order chi connectivity index (χ1) is 7.24. The van der Waals surface area contributed by atoms with E-state index in [1.807, 2.05) is 0 Å². The van der Waals surface area contributed by atoms with E-state index in [1.54, 1.807) is 30.5 Å². The smallest absolute Gasteiger partial charge is 0.166 e. The molecular formula is C11H7BrFNO. The van der Waals surface area contributed by atoms with Gasteiger partial charge in [-0.25, -0.2) is 4.39 Å². The number of aromatic nitrogens is 1. The van der Waals surface area contributed by atoms with Crippen molar-refractivity contribution >= 4 is 22.2 Å². The number of carbonyl (C=O) groups is 1. The van der Waals surface area contributed by atoms with Gasteiger partial charge < -0.3 is 4.57 Å². The lowest BCUT2D eigenvalue weighted by molar-refractivity contribution is 0.111. The van der Waals surface area contributed by atoms with E-state index in [0.717, 1.165) is 0 Å². The molecule has 0 spiro atoms. The maximum Gasteiger partial charge on any atom is 0.166 e. The van der Waals surface area contributed by atoms with E-state index in [9.17, 15) is 9.18 Å². The first-order valence-corrected chi connectivity index (χ1v) is 5.10. The van der Waals surface area contributed by atoms with Crippen LogP contribution in [0.25, 0.3) is 5.69 Å². The normalized spacial score (nSPS) is 10.3. The molecule has 0 aliphatic carbocycles. The van der Waals surface area contributed by atoms with Crippen molar-refractivity contribution in [3.05, 3.63) is 52.5 Å². The van der Waals surface area contributed by atoms with Crippen LogP contribution in [-0.2, 0) is 0 Å². The van der Waals surface area contributed by atoms with Gasteiger partial charge in [0.15, 0.2) is 6.29 Å². The predicted molar refractivity (Wildman–Crippen MR) is 58.8 cm³/mol. The molecule has 0 unspecified atom stereocenters. The van der Waals surface area contributed by atoms with Gasteiger partial charge in [0.05, 0.1) is 11.4 Å². The van der Waals surface area contributed by atoms with Gasteiger partial charge in [0.25, 0.3) is 0 Å². The number of benzene rings is 1. The Labute approximate surface area is 94.5 Å². The topological polar surface area (TPSA) is 22.0 Å². The number of para-hydroxylation sites is 1. The van der Waals surface area contributed by atoms with Crippen LogP contribution >= 0.6 is 15.9 Å². The highest BCUT2D eigenvalue weighted by Crippen LogP contribution is 2.25. The van der Waals surface area contributed by atoms with Gasteiger partial charge in [-0.3, -0.25) is 4.79 Å². The highest BCUT2D eigenvalue weighted by molar-refractivity contribution is 9.10. The average Bonchev–Trinajstić information content (AvgIpc) is 2.65. The average molecular weight is 268 g/mol. The summed E-state index contributed by atoms with van der Waals surface area (Å²) in [7, 11) is 0. The van der Waals surface area contributed by atoms with Crippen molar-refractivity contribution in [1.82, 2.24) is 4.57 Å². The second-order valence-electron chi connectivity index (χ2n) is 2.99. The fourth-order valence-corrected chi connectivity index (χ4v) is 1.95. The number of rotatable bonds is 2. The molecule has 0 aliphatic rings. The van der Waals surface area contributed by atoms with E-state index in [-0.39, 0.29) is 5.82 Å². The maximum absolute atomic E-state index is 13.6. The summed E-state index contributed by atoms with van der Waals surface area (Å²) < 4.78 is 15.7. The molecule has 1 aromatic carbocycles. The zero-order valence-corrected chi connectivity index (χ0v) is 9.24. The van der Waals surface area contributed by atoms with E-state index < -0.39 is 0 Å². The van der Waals surface area contributed by atoms with Crippen LogP contribution in [0.4, 0.5) is 4.39 Å². The van der Waals surface area contributed by atoms with Gasteiger partial charge in [0.2, 0.25) is 0 Å². The Kier molecular flexibility index (Phi) is 2.68. The standard InChI is InChI=1S/C11H7BrFNO/c12-9-4-1-5-10(13)11(9)14-6-2-3-8(14)7-15/h1-7H. The number of halogens is 2. The van der Waals surface area contributed by atoms with Gasteiger partial charge in [-0.2, -0.15) is 0 Å². The molecule has 1 aromatic heterocycles. The van der Waals surface area contributed by atoms with Gasteiger partial charge in [-0.15, -0.1) is 0 Å². The molecule has 0 aliphatic heterocycles. The van der Waals surface area contributed by atoms with Gasteiger partial charge in [0.1, 0.15) is 5.82 Å². The van der Waals surface area contributed by atoms with Crippen molar-refractivity contribution in [2.75, 3.05) is 0 Å². The van der Waals surface area contributed by atoms with Crippen molar-refractivity contribution in [1.29, 1.82) is 0 Å². The fourth-order valence-electron chi connectivity index (χ4n) is 1.41. The zero-order chi connectivity index (χ0) is 10.8. The molecule has 1 heterocycles. The lowest BCUT2D eigenvalue weighted by Crippen LogP contribution is -2.01. The molecule has 2 rings (SSSR count). The summed E-state index contributed by atoms with van der Waals surface area (Å²) in [4.78, 5) is 10.7. The first-order valence-electron chi connectivity index (χ1n) is 4.31. The molecule has 0 saturated carbocycles. The zero-order valence-electron chi connectivity index (χ0n) is 7.65. The highest BCUT2D eigenvalue weighted by atomic mass is 79.9. The lowest BCUT2D eigenvalue weighted by Gasteiger charge is -2.08. The fraction of sp³-hybridized carbons (Fsp3) is 0. The van der Waals surface area contributed by atoms with Crippen LogP contribution in [0.15, 0.2) is 41.0 Å². The molecule has 2 nitrogen and oxygen atoms in total. The van der Waals surface area contributed by atoms with Crippen molar-refractivity contribution < 1.29 is 9.18 Å². The Morgan fingerprint density at radius 2 is 2.07 bits per heavy atom. The molecule has 4 heteroatoms. The van der Waals surface area contributed by atoms with E-state index in [2.05, 4.69) is 15.9 Å². The Morgan fingerprint density at radius 1 is 1.27 bits per heavy atom. The van der Waals surface area contributed by atoms with Gasteiger partial charge >= 0.3 is 0 Å². The minimum atomic E-state index is -0.372. The molecule has 76 valence electrons. The Morgan fingerprint density at radius 3 is 2.73 bits per heavy atom. The highest BCUT2D eigenvalue weighted by Gasteiger charge is 2.10. The monoisotopic (exact) mass is 267 g/mol. The molecule has 0 amide bonds. The number of hydrogen-bond acceptors (Lipinski definition) is 1. The second-order valence-corrected chi connectivity index (χ2v) is 3.85. The van der Waals surface area contributed by atoms with Crippen LogP contribution in [0, 0.1) is 5.82 Å². The summed E-state index contributed by atoms with van der Waals surface area (Å²) in [5.74, 6) is -0.372. The molecule has 0 atom stereocenters. The molecule has 15 heavy (non-hydrogen) atoms. The second kappa shape index (κ2) is 3.98. The number of nitrogens with zero attached hydrogens (tertiary/aromatic N) is 1. The summed E-state index contributed by atoms with van der Waals surface area (Å²) in [6, 6.07) is 8.02. The molecular weight excluding hydrogens is 261 g/mol. The predicted octanol–water partition coefficient (Wildman–Crippen LogP) is 3.19. The molecule has 0 radical (unpaired) electrons. The minimum absolute atomic E-state index is 0.351. The third-order valence-electron chi connectivity index (χ3n) is 2.08. The maximum atomic E-state index is 13.6. The number of carbonyl (C=O) groups excluding carboxylic acids is 1. The summed E-state index contributed by atoms with van der Waals surface area (Å²) in [6.07, 6.45) is 2.34. The van der Waals surface area contributed by atoms with Crippen molar-refractivity contribution in [3.8, 4) is 5.69 Å². The minimum Gasteiger partial charge on any atom is -0.311 e. The summed E-state index contributed by atoms with van der Waals surface area (Å²) >= 11 is 3.26. The van der Waals surface area contributed by atoms with E-state index in [4.69, 9.17) is 0 Å². The molecule has 0 bridgehead atoms. The summed E-state index contributed by atoms with van der Waals surface area (Å²) in [6.45, 7) is 0. The SMILES string of the molecule is O=Cc1cccn1-c1c(F)cccc1Br. The van der Waals surface area contributed by atoms with Crippen LogP contribution in [0.3, 0.4) is 0 Å². The van der Waals surface area contributed by atoms with E-state index in [0.29, 0.717) is 22.1 Å². The summed E-state index contributed by atoms with van der Waals surface area (Å²) in [5.41, 5.74) is 0.769. The Balaban J connectivity index is 2.68. The van der Waals surface area contributed by atoms with Crippen molar-refractivity contribution in [2.24, 2.45) is 0 Å². The quantitative estimate of drug-likeness (QED) is 0.766.